The molecule has 0 saturated carbocycles. The molecule has 4 rings (SSSR count). The summed E-state index contributed by atoms with van der Waals surface area (Å²) in [6.07, 6.45) is 1.68. The average molecular weight is 369 g/mol. The highest BCUT2D eigenvalue weighted by Crippen LogP contribution is 2.20. The fraction of sp³-hybridized carbons (Fsp3) is 0.389. The van der Waals surface area contributed by atoms with Crippen molar-refractivity contribution in [3.05, 3.63) is 41.2 Å². The molecule has 0 bridgehead atoms. The first-order chi connectivity index (χ1) is 12.6. The third-order valence-corrected chi connectivity index (χ3v) is 4.96. The summed E-state index contributed by atoms with van der Waals surface area (Å²) in [7, 11) is 0. The summed E-state index contributed by atoms with van der Waals surface area (Å²) in [5.74, 6) is -0.00505. The Hall–Kier alpha value is -2.61. The molecule has 1 aromatic carbocycles. The minimum atomic E-state index is -0.0985. The van der Waals surface area contributed by atoms with Crippen LogP contribution in [0.3, 0.4) is 0 Å². The lowest BCUT2D eigenvalue weighted by Crippen LogP contribution is -2.44. The first-order valence-corrected chi connectivity index (χ1v) is 9.32. The van der Waals surface area contributed by atoms with E-state index in [4.69, 9.17) is 4.74 Å². The number of fused-ring (bicyclic) bond motifs is 1. The number of rotatable bonds is 3. The number of benzene rings is 1. The van der Waals surface area contributed by atoms with Crippen LogP contribution in [0.5, 0.6) is 6.01 Å². The van der Waals surface area contributed by atoms with Gasteiger partial charge in [-0.1, -0.05) is 0 Å². The highest BCUT2D eigenvalue weighted by molar-refractivity contribution is 7.00. The zero-order valence-electron chi connectivity index (χ0n) is 14.7. The van der Waals surface area contributed by atoms with Crippen LogP contribution in [0.4, 0.5) is 0 Å². The molecule has 1 aliphatic heterocycles. The molecule has 8 heteroatoms. The summed E-state index contributed by atoms with van der Waals surface area (Å²) in [4.78, 5) is 23.4. The summed E-state index contributed by atoms with van der Waals surface area (Å²) in [5, 5.41) is 0. The highest BCUT2D eigenvalue weighted by atomic mass is 32.1. The van der Waals surface area contributed by atoms with E-state index in [9.17, 15) is 4.79 Å². The summed E-state index contributed by atoms with van der Waals surface area (Å²) in [5.41, 5.74) is 3.96. The molecule has 1 amide bonds. The average Bonchev–Trinajstić information content (AvgIpc) is 3.08. The lowest BCUT2D eigenvalue weighted by molar-refractivity contribution is 0.0515. The van der Waals surface area contributed by atoms with Crippen molar-refractivity contribution in [3.63, 3.8) is 0 Å². The van der Waals surface area contributed by atoms with Gasteiger partial charge < -0.3 is 9.64 Å². The predicted octanol–water partition coefficient (Wildman–Crippen LogP) is 2.78. The van der Waals surface area contributed by atoms with Gasteiger partial charge in [0.2, 0.25) is 0 Å². The zero-order chi connectivity index (χ0) is 18.1. The SMILES string of the molecule is Cc1cc(C)nc(OC2CCCN(C(=O)c3ccc4nsnc4c3)C2)n1. The number of carbonyl (C=O) groups excluding carboxylic acids is 1. The minimum absolute atomic E-state index is 0.00505. The number of aromatic nitrogens is 4. The van der Waals surface area contributed by atoms with Crippen LogP contribution in [0.15, 0.2) is 24.3 Å². The largest absolute Gasteiger partial charge is 0.458 e. The first kappa shape index (κ1) is 16.8. The summed E-state index contributed by atoms with van der Waals surface area (Å²) in [6, 6.07) is 7.75. The van der Waals surface area contributed by atoms with Gasteiger partial charge in [0, 0.05) is 23.5 Å². The van der Waals surface area contributed by atoms with Crippen LogP contribution in [0, 0.1) is 13.8 Å². The predicted molar refractivity (Wildman–Crippen MR) is 98.5 cm³/mol. The van der Waals surface area contributed by atoms with Gasteiger partial charge in [-0.3, -0.25) is 4.79 Å². The molecule has 1 unspecified atom stereocenters. The Balaban J connectivity index is 1.47. The van der Waals surface area contributed by atoms with Crippen LogP contribution in [-0.2, 0) is 0 Å². The number of hydrogen-bond acceptors (Lipinski definition) is 7. The Morgan fingerprint density at radius 2 is 1.92 bits per heavy atom. The smallest absolute Gasteiger partial charge is 0.317 e. The minimum Gasteiger partial charge on any atom is -0.458 e. The van der Waals surface area contributed by atoms with E-state index in [0.29, 0.717) is 18.1 Å². The third-order valence-electron chi connectivity index (χ3n) is 4.40. The van der Waals surface area contributed by atoms with Gasteiger partial charge in [-0.05, 0) is 51.0 Å². The number of piperidine rings is 1. The maximum absolute atomic E-state index is 12.9. The fourth-order valence-corrected chi connectivity index (χ4v) is 3.73. The molecule has 0 radical (unpaired) electrons. The van der Waals surface area contributed by atoms with Crippen molar-refractivity contribution in [3.8, 4) is 6.01 Å². The van der Waals surface area contributed by atoms with E-state index >= 15 is 0 Å². The Labute approximate surface area is 155 Å². The monoisotopic (exact) mass is 369 g/mol. The number of likely N-dealkylation sites (tertiary alicyclic amines) is 1. The second kappa shape index (κ2) is 6.95. The topological polar surface area (TPSA) is 81.1 Å². The van der Waals surface area contributed by atoms with Gasteiger partial charge in [0.15, 0.2) is 0 Å². The molecular weight excluding hydrogens is 350 g/mol. The van der Waals surface area contributed by atoms with E-state index in [1.807, 2.05) is 36.9 Å². The van der Waals surface area contributed by atoms with Crippen molar-refractivity contribution in [1.82, 2.24) is 23.6 Å². The number of hydrogen-bond donors (Lipinski definition) is 0. The standard InChI is InChI=1S/C18H19N5O2S/c1-11-8-12(2)20-18(19-11)25-14-4-3-7-23(10-14)17(24)13-5-6-15-16(9-13)22-26-21-15/h5-6,8-9,14H,3-4,7,10H2,1-2H3. The Kier molecular flexibility index (Phi) is 4.50. The van der Waals surface area contributed by atoms with E-state index in [0.717, 1.165) is 53.5 Å². The number of nitrogens with zero attached hydrogens (tertiary/aromatic N) is 5. The van der Waals surface area contributed by atoms with Gasteiger partial charge in [-0.15, -0.1) is 0 Å². The van der Waals surface area contributed by atoms with Crippen LogP contribution >= 0.6 is 11.7 Å². The zero-order valence-corrected chi connectivity index (χ0v) is 15.5. The Bertz CT molecular complexity index is 937. The summed E-state index contributed by atoms with van der Waals surface area (Å²) in [6.45, 7) is 5.09. The first-order valence-electron chi connectivity index (χ1n) is 8.59. The molecule has 26 heavy (non-hydrogen) atoms. The second-order valence-corrected chi connectivity index (χ2v) is 7.06. The Morgan fingerprint density at radius 3 is 2.73 bits per heavy atom. The van der Waals surface area contributed by atoms with Gasteiger partial charge in [-0.2, -0.15) is 8.75 Å². The number of aryl methyl sites for hydroxylation is 2. The fourth-order valence-electron chi connectivity index (χ4n) is 3.21. The van der Waals surface area contributed by atoms with E-state index in [1.165, 1.54) is 0 Å². The molecule has 1 saturated heterocycles. The van der Waals surface area contributed by atoms with Crippen molar-refractivity contribution in [1.29, 1.82) is 0 Å². The Morgan fingerprint density at radius 1 is 1.15 bits per heavy atom. The third kappa shape index (κ3) is 3.50. The summed E-state index contributed by atoms with van der Waals surface area (Å²) >= 11 is 1.15. The molecule has 3 heterocycles. The van der Waals surface area contributed by atoms with E-state index in [1.54, 1.807) is 6.07 Å². The normalized spacial score (nSPS) is 17.5. The summed E-state index contributed by atoms with van der Waals surface area (Å²) < 4.78 is 14.3. The lowest BCUT2D eigenvalue weighted by atomic mass is 10.1. The van der Waals surface area contributed by atoms with E-state index in [-0.39, 0.29) is 12.0 Å². The molecule has 1 fully saturated rings. The van der Waals surface area contributed by atoms with Crippen LogP contribution in [0.2, 0.25) is 0 Å². The molecule has 0 spiro atoms. The molecule has 0 aliphatic carbocycles. The molecule has 1 aliphatic rings. The van der Waals surface area contributed by atoms with Gasteiger partial charge in [-0.25, -0.2) is 9.97 Å². The number of carbonyl (C=O) groups is 1. The van der Waals surface area contributed by atoms with Crippen molar-refractivity contribution >= 4 is 28.7 Å². The maximum Gasteiger partial charge on any atom is 0.317 e. The lowest BCUT2D eigenvalue weighted by Gasteiger charge is -2.32. The van der Waals surface area contributed by atoms with Gasteiger partial charge in [0.1, 0.15) is 17.1 Å². The van der Waals surface area contributed by atoms with Crippen LogP contribution in [-0.4, -0.2) is 48.7 Å². The van der Waals surface area contributed by atoms with Crippen LogP contribution in [0.1, 0.15) is 34.6 Å². The maximum atomic E-state index is 12.9. The van der Waals surface area contributed by atoms with E-state index in [2.05, 4.69) is 18.7 Å². The number of ether oxygens (including phenoxy) is 1. The molecular formula is C18H19N5O2S. The molecule has 3 aromatic rings. The van der Waals surface area contributed by atoms with Crippen molar-refractivity contribution in [2.45, 2.75) is 32.8 Å². The van der Waals surface area contributed by atoms with Gasteiger partial charge in [0.25, 0.3) is 5.91 Å². The molecule has 134 valence electrons. The van der Waals surface area contributed by atoms with Crippen molar-refractivity contribution in [2.24, 2.45) is 0 Å². The number of amides is 1. The van der Waals surface area contributed by atoms with Crippen LogP contribution in [0.25, 0.3) is 11.0 Å². The van der Waals surface area contributed by atoms with Crippen LogP contribution < -0.4 is 4.74 Å². The van der Waals surface area contributed by atoms with E-state index < -0.39 is 0 Å². The van der Waals surface area contributed by atoms with Crippen molar-refractivity contribution in [2.75, 3.05) is 13.1 Å². The van der Waals surface area contributed by atoms with Gasteiger partial charge >= 0.3 is 6.01 Å². The van der Waals surface area contributed by atoms with Gasteiger partial charge in [0.05, 0.1) is 18.3 Å². The molecule has 0 N–H and O–H groups in total. The highest BCUT2D eigenvalue weighted by Gasteiger charge is 2.26. The quantitative estimate of drug-likeness (QED) is 0.706. The molecule has 2 aromatic heterocycles. The van der Waals surface area contributed by atoms with Crippen molar-refractivity contribution < 1.29 is 9.53 Å². The molecule has 1 atom stereocenters. The molecule has 7 nitrogen and oxygen atoms in total. The second-order valence-electron chi connectivity index (χ2n) is 6.53.